The highest BCUT2D eigenvalue weighted by Crippen LogP contribution is 2.24. The van der Waals surface area contributed by atoms with Crippen molar-refractivity contribution >= 4 is 58.0 Å². The van der Waals surface area contributed by atoms with E-state index in [4.69, 9.17) is 16.6 Å². The normalized spacial score (nSPS) is 14.2. The molecule has 0 spiro atoms. The average Bonchev–Trinajstić information content (AvgIpc) is 3.32. The zero-order chi connectivity index (χ0) is 18.4. The largest absolute Gasteiger partial charge is 0.356 e. The number of hydrogen-bond acceptors (Lipinski definition) is 4. The first-order valence-corrected chi connectivity index (χ1v) is 10.3. The smallest absolute Gasteiger partial charge is 0.193 e. The molecule has 0 bridgehead atoms. The number of halogens is 2. The van der Waals surface area contributed by atoms with Crippen LogP contribution in [0.25, 0.3) is 0 Å². The molecule has 0 saturated carbocycles. The fourth-order valence-corrected chi connectivity index (χ4v) is 4.13. The number of hydrogen-bond donors (Lipinski definition) is 1. The molecule has 0 amide bonds. The molecule has 1 saturated heterocycles. The monoisotopic (exact) mass is 519 g/mol. The summed E-state index contributed by atoms with van der Waals surface area (Å²) in [5.41, 5.74) is 2.36. The molecule has 5 nitrogen and oxygen atoms in total. The molecular weight excluding hydrogens is 493 g/mol. The van der Waals surface area contributed by atoms with E-state index in [0.29, 0.717) is 0 Å². The molecule has 1 N–H and O–H groups in total. The maximum Gasteiger partial charge on any atom is 0.193 e. The fourth-order valence-electron chi connectivity index (χ4n) is 3.09. The van der Waals surface area contributed by atoms with Gasteiger partial charge in [0.15, 0.2) is 11.1 Å². The van der Waals surface area contributed by atoms with Gasteiger partial charge in [0, 0.05) is 57.1 Å². The van der Waals surface area contributed by atoms with Gasteiger partial charge < -0.3 is 15.1 Å². The number of rotatable bonds is 6. The summed E-state index contributed by atoms with van der Waals surface area (Å²) in [6.45, 7) is 3.90. The molecule has 2 aromatic rings. The number of thiazole rings is 1. The van der Waals surface area contributed by atoms with Crippen molar-refractivity contribution in [2.24, 2.45) is 4.99 Å². The Balaban J connectivity index is 0.00000261. The lowest BCUT2D eigenvalue weighted by Crippen LogP contribution is -2.39. The number of aromatic nitrogens is 1. The van der Waals surface area contributed by atoms with Crippen LogP contribution in [0.1, 0.15) is 24.1 Å². The lowest BCUT2D eigenvalue weighted by molar-refractivity contribution is 0.477. The molecule has 0 atom stereocenters. The third kappa shape index (κ3) is 6.50. The zero-order valence-corrected chi connectivity index (χ0v) is 19.7. The Hall–Kier alpha value is -1.06. The van der Waals surface area contributed by atoms with Crippen LogP contribution in [0.15, 0.2) is 34.6 Å². The van der Waals surface area contributed by atoms with Crippen molar-refractivity contribution in [3.05, 3.63) is 45.9 Å². The van der Waals surface area contributed by atoms with Crippen LogP contribution in [0.3, 0.4) is 0 Å². The van der Waals surface area contributed by atoms with Gasteiger partial charge in [-0.05, 0) is 30.5 Å². The van der Waals surface area contributed by atoms with Gasteiger partial charge in [0.05, 0.1) is 5.69 Å². The van der Waals surface area contributed by atoms with Crippen LogP contribution in [-0.4, -0.2) is 49.6 Å². The van der Waals surface area contributed by atoms with Crippen molar-refractivity contribution in [2.75, 3.05) is 38.6 Å². The molecule has 2 heterocycles. The highest BCUT2D eigenvalue weighted by Gasteiger charge is 2.15. The van der Waals surface area contributed by atoms with Crippen LogP contribution in [-0.2, 0) is 13.0 Å². The first kappa shape index (κ1) is 22.2. The summed E-state index contributed by atoms with van der Waals surface area (Å²) >= 11 is 7.71. The first-order valence-electron chi connectivity index (χ1n) is 9.01. The van der Waals surface area contributed by atoms with E-state index in [2.05, 4.69) is 25.5 Å². The van der Waals surface area contributed by atoms with E-state index in [1.807, 2.05) is 38.4 Å². The Morgan fingerprint density at radius 3 is 2.67 bits per heavy atom. The van der Waals surface area contributed by atoms with E-state index >= 15 is 0 Å². The van der Waals surface area contributed by atoms with Crippen molar-refractivity contribution in [1.82, 2.24) is 15.2 Å². The molecule has 1 fully saturated rings. The van der Waals surface area contributed by atoms with E-state index in [1.165, 1.54) is 23.5 Å². The molecule has 0 unspecified atom stereocenters. The van der Waals surface area contributed by atoms with E-state index in [0.717, 1.165) is 49.3 Å². The Morgan fingerprint density at radius 1 is 1.30 bits per heavy atom. The van der Waals surface area contributed by atoms with Gasteiger partial charge in [-0.15, -0.1) is 35.3 Å². The highest BCUT2D eigenvalue weighted by atomic mass is 127. The first-order chi connectivity index (χ1) is 12.7. The molecule has 0 radical (unpaired) electrons. The van der Waals surface area contributed by atoms with Gasteiger partial charge in [-0.1, -0.05) is 23.7 Å². The molecule has 8 heteroatoms. The maximum absolute atomic E-state index is 5.95. The summed E-state index contributed by atoms with van der Waals surface area (Å²) in [6, 6.07) is 7.92. The molecule has 1 aromatic carbocycles. The summed E-state index contributed by atoms with van der Waals surface area (Å²) in [5.74, 6) is 0.884. The Labute approximate surface area is 187 Å². The SMILES string of the molecule is CN=C(NCCc1csc(N2CCCC2)n1)N(C)Cc1ccc(Cl)cc1.I. The number of nitrogens with zero attached hydrogens (tertiary/aromatic N) is 4. The van der Waals surface area contributed by atoms with Crippen molar-refractivity contribution in [3.63, 3.8) is 0 Å². The minimum Gasteiger partial charge on any atom is -0.356 e. The minimum absolute atomic E-state index is 0. The van der Waals surface area contributed by atoms with Crippen molar-refractivity contribution in [3.8, 4) is 0 Å². The lowest BCUT2D eigenvalue weighted by atomic mass is 10.2. The van der Waals surface area contributed by atoms with Crippen molar-refractivity contribution in [1.29, 1.82) is 0 Å². The molecule has 148 valence electrons. The second-order valence-electron chi connectivity index (χ2n) is 6.52. The number of nitrogens with one attached hydrogen (secondary N) is 1. The highest BCUT2D eigenvalue weighted by molar-refractivity contribution is 14.0. The maximum atomic E-state index is 5.95. The molecule has 0 aliphatic carbocycles. The number of guanidine groups is 1. The minimum atomic E-state index is 0. The predicted molar refractivity (Wildman–Crippen MR) is 127 cm³/mol. The van der Waals surface area contributed by atoms with Crippen LogP contribution in [0.5, 0.6) is 0 Å². The lowest BCUT2D eigenvalue weighted by Gasteiger charge is -2.22. The molecular formula is C19H27ClIN5S. The molecule has 3 rings (SSSR count). The zero-order valence-electron chi connectivity index (χ0n) is 15.8. The molecule has 1 aromatic heterocycles. The van der Waals surface area contributed by atoms with Crippen LogP contribution in [0.4, 0.5) is 5.13 Å². The van der Waals surface area contributed by atoms with Crippen LogP contribution >= 0.6 is 46.9 Å². The van der Waals surface area contributed by atoms with Gasteiger partial charge in [0.25, 0.3) is 0 Å². The van der Waals surface area contributed by atoms with Crippen molar-refractivity contribution < 1.29 is 0 Å². The van der Waals surface area contributed by atoms with Gasteiger partial charge in [-0.3, -0.25) is 4.99 Å². The average molecular weight is 520 g/mol. The molecule has 1 aliphatic rings. The Bertz CT molecular complexity index is 728. The summed E-state index contributed by atoms with van der Waals surface area (Å²) < 4.78 is 0. The standard InChI is InChI=1S/C19H26ClN5S.HI/c1-21-18(24(2)13-15-5-7-16(20)8-6-15)22-10-9-17-14-26-19(23-17)25-11-3-4-12-25;/h5-8,14H,3-4,9-13H2,1-2H3,(H,21,22);1H. The molecule has 27 heavy (non-hydrogen) atoms. The van der Waals surface area contributed by atoms with Gasteiger partial charge in [-0.25, -0.2) is 4.98 Å². The van der Waals surface area contributed by atoms with Gasteiger partial charge in [0.1, 0.15) is 0 Å². The third-order valence-electron chi connectivity index (χ3n) is 4.49. The number of anilines is 1. The Morgan fingerprint density at radius 2 is 2.00 bits per heavy atom. The quantitative estimate of drug-likeness (QED) is 0.352. The predicted octanol–water partition coefficient (Wildman–Crippen LogP) is 4.26. The second kappa shape index (κ2) is 11.1. The van der Waals surface area contributed by atoms with Crippen LogP contribution in [0, 0.1) is 0 Å². The van der Waals surface area contributed by atoms with Gasteiger partial charge in [-0.2, -0.15) is 0 Å². The number of aliphatic imine (C=N–C) groups is 1. The van der Waals surface area contributed by atoms with Crippen LogP contribution in [0.2, 0.25) is 5.02 Å². The van der Waals surface area contributed by atoms with E-state index in [9.17, 15) is 0 Å². The number of benzene rings is 1. The van der Waals surface area contributed by atoms with Gasteiger partial charge in [0.2, 0.25) is 0 Å². The Kier molecular flexibility index (Phi) is 9.11. The van der Waals surface area contributed by atoms with E-state index in [-0.39, 0.29) is 24.0 Å². The van der Waals surface area contributed by atoms with Gasteiger partial charge >= 0.3 is 0 Å². The topological polar surface area (TPSA) is 43.8 Å². The van der Waals surface area contributed by atoms with Crippen LogP contribution < -0.4 is 10.2 Å². The summed E-state index contributed by atoms with van der Waals surface area (Å²) in [6.07, 6.45) is 3.47. The third-order valence-corrected chi connectivity index (χ3v) is 5.69. The summed E-state index contributed by atoms with van der Waals surface area (Å²) in [4.78, 5) is 13.7. The molecule has 1 aliphatic heterocycles. The van der Waals surface area contributed by atoms with E-state index < -0.39 is 0 Å². The van der Waals surface area contributed by atoms with Crippen molar-refractivity contribution in [2.45, 2.75) is 25.8 Å². The summed E-state index contributed by atoms with van der Waals surface area (Å²) in [5, 5.41) is 7.53. The summed E-state index contributed by atoms with van der Waals surface area (Å²) in [7, 11) is 3.85. The fraction of sp³-hybridized carbons (Fsp3) is 0.474. The van der Waals surface area contributed by atoms with E-state index in [1.54, 1.807) is 11.3 Å². The second-order valence-corrected chi connectivity index (χ2v) is 7.80.